The van der Waals surface area contributed by atoms with E-state index in [1.165, 1.54) is 6.07 Å². The van der Waals surface area contributed by atoms with Gasteiger partial charge in [0.1, 0.15) is 0 Å². The molecular formula is C15H20ClF3N2O. The molecule has 1 saturated carbocycles. The lowest BCUT2D eigenvalue weighted by Crippen LogP contribution is -2.54. The Kier molecular flexibility index (Phi) is 6.26. The Morgan fingerprint density at radius 1 is 1.23 bits per heavy atom. The molecule has 0 unspecified atom stereocenters. The van der Waals surface area contributed by atoms with Crippen LogP contribution in [-0.2, 0) is 17.5 Å². The zero-order valence-corrected chi connectivity index (χ0v) is 12.9. The van der Waals surface area contributed by atoms with Gasteiger partial charge in [0.25, 0.3) is 0 Å². The zero-order valence-electron chi connectivity index (χ0n) is 12.1. The lowest BCUT2D eigenvalue weighted by molar-refractivity contribution is -0.137. The number of benzene rings is 1. The van der Waals surface area contributed by atoms with Crippen molar-refractivity contribution >= 4 is 18.3 Å². The summed E-state index contributed by atoms with van der Waals surface area (Å²) in [6, 6.07) is 4.95. The Labute approximate surface area is 133 Å². The maximum Gasteiger partial charge on any atom is 0.416 e. The zero-order chi connectivity index (χ0) is 15.5. The Balaban J connectivity index is 0.00000242. The summed E-state index contributed by atoms with van der Waals surface area (Å²) in [6.07, 6.45) is -0.234. The van der Waals surface area contributed by atoms with E-state index in [2.05, 4.69) is 5.32 Å². The van der Waals surface area contributed by atoms with Crippen molar-refractivity contribution in [1.29, 1.82) is 0 Å². The van der Waals surface area contributed by atoms with E-state index < -0.39 is 17.3 Å². The van der Waals surface area contributed by atoms with Gasteiger partial charge in [-0.3, -0.25) is 4.79 Å². The third-order valence-electron chi connectivity index (χ3n) is 3.91. The first-order valence-corrected chi connectivity index (χ1v) is 7.05. The van der Waals surface area contributed by atoms with Gasteiger partial charge in [0.2, 0.25) is 5.91 Å². The molecule has 0 bridgehead atoms. The molecule has 0 aromatic heterocycles. The second kappa shape index (κ2) is 7.33. The first-order valence-electron chi connectivity index (χ1n) is 7.05. The molecule has 0 saturated heterocycles. The third-order valence-corrected chi connectivity index (χ3v) is 3.91. The molecule has 22 heavy (non-hydrogen) atoms. The van der Waals surface area contributed by atoms with Gasteiger partial charge in [-0.1, -0.05) is 31.4 Å². The van der Waals surface area contributed by atoms with Crippen LogP contribution in [0.25, 0.3) is 0 Å². The van der Waals surface area contributed by atoms with Crippen LogP contribution in [0.3, 0.4) is 0 Å². The molecule has 0 radical (unpaired) electrons. The van der Waals surface area contributed by atoms with Gasteiger partial charge in [0.15, 0.2) is 0 Å². The molecule has 0 spiro atoms. The number of alkyl halides is 3. The quantitative estimate of drug-likeness (QED) is 0.888. The lowest BCUT2D eigenvalue weighted by Gasteiger charge is -2.31. The van der Waals surface area contributed by atoms with Crippen LogP contribution in [-0.4, -0.2) is 11.4 Å². The van der Waals surface area contributed by atoms with Gasteiger partial charge in [-0.15, -0.1) is 12.4 Å². The molecule has 3 nitrogen and oxygen atoms in total. The molecule has 124 valence electrons. The van der Waals surface area contributed by atoms with Crippen LogP contribution in [0.1, 0.15) is 43.2 Å². The molecule has 0 aliphatic heterocycles. The molecule has 0 atom stereocenters. The number of amides is 1. The fourth-order valence-electron chi connectivity index (χ4n) is 2.63. The Morgan fingerprint density at radius 2 is 1.86 bits per heavy atom. The first kappa shape index (κ1) is 18.8. The molecule has 1 aliphatic rings. The Morgan fingerprint density at radius 3 is 2.45 bits per heavy atom. The minimum Gasteiger partial charge on any atom is -0.350 e. The average molecular weight is 337 g/mol. The molecule has 0 heterocycles. The van der Waals surface area contributed by atoms with E-state index in [1.54, 1.807) is 6.07 Å². The standard InChI is InChI=1S/C15H19F3N2O.ClH/c16-15(17,18)12-6-4-5-11(9-12)10-20-13(21)14(19)7-2-1-3-8-14;/h4-6,9H,1-3,7-8,10,19H2,(H,20,21);1H. The van der Waals surface area contributed by atoms with E-state index >= 15 is 0 Å². The highest BCUT2D eigenvalue weighted by atomic mass is 35.5. The molecule has 2 rings (SSSR count). The van der Waals surface area contributed by atoms with E-state index in [4.69, 9.17) is 5.73 Å². The van der Waals surface area contributed by atoms with Crippen LogP contribution >= 0.6 is 12.4 Å². The van der Waals surface area contributed by atoms with Crippen LogP contribution in [0, 0.1) is 0 Å². The van der Waals surface area contributed by atoms with Gasteiger partial charge < -0.3 is 11.1 Å². The Bertz CT molecular complexity index is 514. The molecule has 1 aromatic carbocycles. The minimum atomic E-state index is -4.38. The number of nitrogens with one attached hydrogen (secondary N) is 1. The predicted octanol–water partition coefficient (Wildman–Crippen LogP) is 3.41. The van der Waals surface area contributed by atoms with Crippen molar-refractivity contribution in [2.24, 2.45) is 5.73 Å². The molecule has 3 N–H and O–H groups in total. The van der Waals surface area contributed by atoms with Gasteiger partial charge in [0.05, 0.1) is 11.1 Å². The van der Waals surface area contributed by atoms with Crippen LogP contribution < -0.4 is 11.1 Å². The molecule has 1 aliphatic carbocycles. The van der Waals surface area contributed by atoms with Crippen LogP contribution in [0.5, 0.6) is 0 Å². The largest absolute Gasteiger partial charge is 0.416 e. The van der Waals surface area contributed by atoms with Crippen molar-refractivity contribution in [2.75, 3.05) is 0 Å². The van der Waals surface area contributed by atoms with E-state index in [0.29, 0.717) is 18.4 Å². The number of halogens is 4. The van der Waals surface area contributed by atoms with Crippen molar-refractivity contribution in [3.8, 4) is 0 Å². The summed E-state index contributed by atoms with van der Waals surface area (Å²) in [7, 11) is 0. The van der Waals surface area contributed by atoms with E-state index in [-0.39, 0.29) is 24.9 Å². The van der Waals surface area contributed by atoms with Gasteiger partial charge >= 0.3 is 6.18 Å². The van der Waals surface area contributed by atoms with Gasteiger partial charge in [-0.25, -0.2) is 0 Å². The maximum atomic E-state index is 12.6. The summed E-state index contributed by atoms with van der Waals surface area (Å²) < 4.78 is 37.8. The fraction of sp³-hybridized carbons (Fsp3) is 0.533. The smallest absolute Gasteiger partial charge is 0.350 e. The molecule has 1 fully saturated rings. The maximum absolute atomic E-state index is 12.6. The van der Waals surface area contributed by atoms with Crippen molar-refractivity contribution in [3.05, 3.63) is 35.4 Å². The third kappa shape index (κ3) is 4.61. The van der Waals surface area contributed by atoms with Crippen molar-refractivity contribution in [1.82, 2.24) is 5.32 Å². The molecule has 1 amide bonds. The highest BCUT2D eigenvalue weighted by molar-refractivity contribution is 5.86. The van der Waals surface area contributed by atoms with E-state index in [1.807, 2.05) is 0 Å². The Hall–Kier alpha value is -1.27. The number of carbonyl (C=O) groups excluding carboxylic acids is 1. The van der Waals surface area contributed by atoms with Crippen LogP contribution in [0.2, 0.25) is 0 Å². The van der Waals surface area contributed by atoms with Crippen molar-refractivity contribution in [2.45, 2.75) is 50.4 Å². The number of hydrogen-bond donors (Lipinski definition) is 2. The highest BCUT2D eigenvalue weighted by Crippen LogP contribution is 2.29. The predicted molar refractivity (Wildman–Crippen MR) is 80.5 cm³/mol. The SMILES string of the molecule is Cl.NC1(C(=O)NCc2cccc(C(F)(F)F)c2)CCCCC1. The summed E-state index contributed by atoms with van der Waals surface area (Å²) in [5.74, 6) is -0.278. The molecule has 7 heteroatoms. The lowest BCUT2D eigenvalue weighted by atomic mass is 9.82. The van der Waals surface area contributed by atoms with Crippen molar-refractivity contribution < 1.29 is 18.0 Å². The van der Waals surface area contributed by atoms with E-state index in [9.17, 15) is 18.0 Å². The average Bonchev–Trinajstić information content (AvgIpc) is 2.45. The van der Waals surface area contributed by atoms with Crippen molar-refractivity contribution in [3.63, 3.8) is 0 Å². The highest BCUT2D eigenvalue weighted by Gasteiger charge is 2.35. The van der Waals surface area contributed by atoms with E-state index in [0.717, 1.165) is 31.4 Å². The second-order valence-electron chi connectivity index (χ2n) is 5.60. The summed E-state index contributed by atoms with van der Waals surface area (Å²) >= 11 is 0. The topological polar surface area (TPSA) is 55.1 Å². The summed E-state index contributed by atoms with van der Waals surface area (Å²) in [6.45, 7) is 0.0572. The molecular weight excluding hydrogens is 317 g/mol. The van der Waals surface area contributed by atoms with Gasteiger partial charge in [0, 0.05) is 6.54 Å². The number of rotatable bonds is 3. The van der Waals surface area contributed by atoms with Crippen LogP contribution in [0.15, 0.2) is 24.3 Å². The fourth-order valence-corrected chi connectivity index (χ4v) is 2.63. The minimum absolute atomic E-state index is 0. The first-order chi connectivity index (χ1) is 9.81. The summed E-state index contributed by atoms with van der Waals surface area (Å²) in [5, 5.41) is 2.66. The molecule has 1 aromatic rings. The van der Waals surface area contributed by atoms with Crippen LogP contribution in [0.4, 0.5) is 13.2 Å². The van der Waals surface area contributed by atoms with Gasteiger partial charge in [-0.05, 0) is 30.5 Å². The number of nitrogens with two attached hydrogens (primary N) is 1. The van der Waals surface area contributed by atoms with Gasteiger partial charge in [-0.2, -0.15) is 13.2 Å². The second-order valence-corrected chi connectivity index (χ2v) is 5.60. The monoisotopic (exact) mass is 336 g/mol. The summed E-state index contributed by atoms with van der Waals surface area (Å²) in [5.41, 5.74) is 4.90. The normalized spacial score (nSPS) is 17.5. The number of carbonyl (C=O) groups is 1. The number of hydrogen-bond acceptors (Lipinski definition) is 2. The summed E-state index contributed by atoms with van der Waals surface area (Å²) in [4.78, 5) is 12.1.